The molecule has 4 heteroatoms. The van der Waals surface area contributed by atoms with Gasteiger partial charge in [0.1, 0.15) is 0 Å². The summed E-state index contributed by atoms with van der Waals surface area (Å²) in [6, 6.07) is 10.1. The third-order valence-corrected chi connectivity index (χ3v) is 3.68. The van der Waals surface area contributed by atoms with E-state index in [9.17, 15) is 4.79 Å². The van der Waals surface area contributed by atoms with Gasteiger partial charge in [0.05, 0.1) is 5.54 Å². The number of nitrogens with one attached hydrogen (secondary N) is 1. The Hall–Kier alpha value is -1.39. The van der Waals surface area contributed by atoms with E-state index in [0.717, 1.165) is 13.1 Å². The predicted molar refractivity (Wildman–Crippen MR) is 74.8 cm³/mol. The molecule has 104 valence electrons. The third-order valence-electron chi connectivity index (χ3n) is 3.68. The van der Waals surface area contributed by atoms with E-state index in [1.54, 1.807) is 7.11 Å². The van der Waals surface area contributed by atoms with Crippen LogP contribution in [0.4, 0.5) is 0 Å². The number of carbonyl (C=O) groups is 1. The van der Waals surface area contributed by atoms with Crippen LogP contribution < -0.4 is 5.32 Å². The van der Waals surface area contributed by atoms with E-state index in [-0.39, 0.29) is 5.91 Å². The van der Waals surface area contributed by atoms with E-state index < -0.39 is 5.54 Å². The highest BCUT2D eigenvalue weighted by atomic mass is 16.5. The molecule has 0 radical (unpaired) electrons. The highest BCUT2D eigenvalue weighted by Gasteiger charge is 2.38. The van der Waals surface area contributed by atoms with Gasteiger partial charge in [-0.1, -0.05) is 30.3 Å². The monoisotopic (exact) mass is 262 g/mol. The van der Waals surface area contributed by atoms with Gasteiger partial charge in [-0.2, -0.15) is 0 Å². The summed E-state index contributed by atoms with van der Waals surface area (Å²) in [6.07, 6.45) is 0.702. The maximum Gasteiger partial charge on any atom is 0.243 e. The van der Waals surface area contributed by atoms with Crippen molar-refractivity contribution in [2.75, 3.05) is 26.8 Å². The molecule has 1 aromatic rings. The minimum atomic E-state index is -0.497. The number of benzene rings is 1. The lowest BCUT2D eigenvalue weighted by Gasteiger charge is -2.40. The normalized spacial score (nSPS) is 23.7. The molecule has 4 nitrogen and oxygen atoms in total. The number of rotatable bonds is 5. The lowest BCUT2D eigenvalue weighted by Crippen LogP contribution is -2.62. The van der Waals surface area contributed by atoms with Crippen LogP contribution in [0.25, 0.3) is 0 Å². The largest absolute Gasteiger partial charge is 0.385 e. The summed E-state index contributed by atoms with van der Waals surface area (Å²) < 4.78 is 5.10. The molecule has 1 saturated heterocycles. The zero-order valence-corrected chi connectivity index (χ0v) is 11.7. The lowest BCUT2D eigenvalue weighted by molar-refractivity contribution is -0.142. The predicted octanol–water partition coefficient (Wildman–Crippen LogP) is 1.41. The minimum Gasteiger partial charge on any atom is -0.385 e. The molecule has 1 atom stereocenters. The van der Waals surface area contributed by atoms with Crippen molar-refractivity contribution in [3.8, 4) is 0 Å². The zero-order chi connectivity index (χ0) is 13.7. The van der Waals surface area contributed by atoms with Crippen LogP contribution >= 0.6 is 0 Å². The van der Waals surface area contributed by atoms with Gasteiger partial charge < -0.3 is 15.0 Å². The molecular weight excluding hydrogens is 240 g/mol. The average molecular weight is 262 g/mol. The van der Waals surface area contributed by atoms with Gasteiger partial charge in [-0.15, -0.1) is 0 Å². The van der Waals surface area contributed by atoms with Gasteiger partial charge >= 0.3 is 0 Å². The highest BCUT2D eigenvalue weighted by molar-refractivity contribution is 5.86. The fourth-order valence-electron chi connectivity index (χ4n) is 2.45. The molecule has 1 aromatic carbocycles. The van der Waals surface area contributed by atoms with Crippen molar-refractivity contribution in [2.24, 2.45) is 0 Å². The number of piperazine rings is 1. The number of nitrogens with zero attached hydrogens (tertiary/aromatic N) is 1. The smallest absolute Gasteiger partial charge is 0.243 e. The Morgan fingerprint density at radius 3 is 2.79 bits per heavy atom. The fourth-order valence-corrected chi connectivity index (χ4v) is 2.45. The zero-order valence-electron chi connectivity index (χ0n) is 11.7. The number of amides is 1. The molecule has 2 rings (SSSR count). The second-order valence-electron chi connectivity index (χ2n) is 5.21. The van der Waals surface area contributed by atoms with E-state index in [1.807, 2.05) is 30.0 Å². The van der Waals surface area contributed by atoms with Crippen LogP contribution in [-0.2, 0) is 16.1 Å². The van der Waals surface area contributed by atoms with Crippen molar-refractivity contribution in [3.63, 3.8) is 0 Å². The maximum atomic E-state index is 12.6. The molecular formula is C15H22N2O2. The maximum absolute atomic E-state index is 12.6. The summed E-state index contributed by atoms with van der Waals surface area (Å²) in [7, 11) is 1.67. The first kappa shape index (κ1) is 14.0. The summed E-state index contributed by atoms with van der Waals surface area (Å²) >= 11 is 0. The Morgan fingerprint density at radius 2 is 2.11 bits per heavy atom. The average Bonchev–Trinajstić information content (AvgIpc) is 2.43. The summed E-state index contributed by atoms with van der Waals surface area (Å²) in [6.45, 7) is 4.83. The Kier molecular flexibility index (Phi) is 4.56. The first-order valence-corrected chi connectivity index (χ1v) is 6.73. The Morgan fingerprint density at radius 1 is 1.37 bits per heavy atom. The third kappa shape index (κ3) is 3.33. The van der Waals surface area contributed by atoms with E-state index in [1.165, 1.54) is 5.56 Å². The van der Waals surface area contributed by atoms with Gasteiger partial charge in [0.2, 0.25) is 5.91 Å². The van der Waals surface area contributed by atoms with Crippen molar-refractivity contribution in [1.29, 1.82) is 0 Å². The van der Waals surface area contributed by atoms with E-state index in [2.05, 4.69) is 17.4 Å². The molecule has 0 spiro atoms. The number of methoxy groups -OCH3 is 1. The molecule has 0 aromatic heterocycles. The molecule has 1 amide bonds. The standard InChI is InChI=1S/C15H22N2O2/c1-15(8-11-19-2)14(18)17(10-9-16-15)12-13-6-4-3-5-7-13/h3-7,16H,8-12H2,1-2H3/t15-/m1/s1. The summed E-state index contributed by atoms with van der Waals surface area (Å²) in [4.78, 5) is 14.5. The van der Waals surface area contributed by atoms with Crippen molar-refractivity contribution >= 4 is 5.91 Å². The molecule has 1 aliphatic heterocycles. The van der Waals surface area contributed by atoms with Crippen molar-refractivity contribution in [3.05, 3.63) is 35.9 Å². The van der Waals surface area contributed by atoms with Crippen LogP contribution in [0.5, 0.6) is 0 Å². The van der Waals surface area contributed by atoms with Crippen LogP contribution in [0.2, 0.25) is 0 Å². The number of carbonyl (C=O) groups excluding carboxylic acids is 1. The number of hydrogen-bond acceptors (Lipinski definition) is 3. The number of ether oxygens (including phenoxy) is 1. The van der Waals surface area contributed by atoms with Crippen LogP contribution in [-0.4, -0.2) is 43.2 Å². The second kappa shape index (κ2) is 6.17. The quantitative estimate of drug-likeness (QED) is 0.872. The molecule has 0 bridgehead atoms. The van der Waals surface area contributed by atoms with Crippen LogP contribution in [0, 0.1) is 0 Å². The van der Waals surface area contributed by atoms with Crippen molar-refractivity contribution < 1.29 is 9.53 Å². The summed E-state index contributed by atoms with van der Waals surface area (Å²) in [5.74, 6) is 0.166. The van der Waals surface area contributed by atoms with Crippen molar-refractivity contribution in [1.82, 2.24) is 10.2 Å². The van der Waals surface area contributed by atoms with Gasteiger partial charge in [-0.25, -0.2) is 0 Å². The summed E-state index contributed by atoms with van der Waals surface area (Å²) in [5.41, 5.74) is 0.676. The fraction of sp³-hybridized carbons (Fsp3) is 0.533. The molecule has 1 fully saturated rings. The lowest BCUT2D eigenvalue weighted by atomic mass is 9.93. The molecule has 1 N–H and O–H groups in total. The minimum absolute atomic E-state index is 0.166. The van der Waals surface area contributed by atoms with Crippen LogP contribution in [0.1, 0.15) is 18.9 Å². The van der Waals surface area contributed by atoms with Gasteiger partial charge in [0, 0.05) is 33.4 Å². The molecule has 19 heavy (non-hydrogen) atoms. The Labute approximate surface area is 114 Å². The van der Waals surface area contributed by atoms with Gasteiger partial charge in [0.25, 0.3) is 0 Å². The molecule has 0 saturated carbocycles. The Bertz CT molecular complexity index is 421. The Balaban J connectivity index is 2.04. The van der Waals surface area contributed by atoms with Crippen molar-refractivity contribution in [2.45, 2.75) is 25.4 Å². The second-order valence-corrected chi connectivity index (χ2v) is 5.21. The van der Waals surface area contributed by atoms with Gasteiger partial charge in [0.15, 0.2) is 0 Å². The molecule has 1 aliphatic rings. The number of hydrogen-bond donors (Lipinski definition) is 1. The van der Waals surface area contributed by atoms with E-state index in [0.29, 0.717) is 19.6 Å². The first-order chi connectivity index (χ1) is 9.15. The van der Waals surface area contributed by atoms with Crippen LogP contribution in [0.3, 0.4) is 0 Å². The first-order valence-electron chi connectivity index (χ1n) is 6.73. The molecule has 1 heterocycles. The van der Waals surface area contributed by atoms with Gasteiger partial charge in [-0.05, 0) is 18.9 Å². The molecule has 0 unspecified atom stereocenters. The highest BCUT2D eigenvalue weighted by Crippen LogP contribution is 2.19. The van der Waals surface area contributed by atoms with Crippen LogP contribution in [0.15, 0.2) is 30.3 Å². The van der Waals surface area contributed by atoms with Gasteiger partial charge in [-0.3, -0.25) is 4.79 Å². The van der Waals surface area contributed by atoms with E-state index in [4.69, 9.17) is 4.74 Å². The molecule has 0 aliphatic carbocycles. The SMILES string of the molecule is COCC[C@@]1(C)NCCN(Cc2ccccc2)C1=O. The van der Waals surface area contributed by atoms with E-state index >= 15 is 0 Å². The topological polar surface area (TPSA) is 41.6 Å². The summed E-state index contributed by atoms with van der Waals surface area (Å²) in [5, 5.41) is 3.32.